The summed E-state index contributed by atoms with van der Waals surface area (Å²) in [5.41, 5.74) is 3.87. The monoisotopic (exact) mass is 237 g/mol. The lowest BCUT2D eigenvalue weighted by atomic mass is 9.94. The highest BCUT2D eigenvalue weighted by Gasteiger charge is 2.24. The zero-order valence-electron chi connectivity index (χ0n) is 8.53. The molecule has 0 bridgehead atoms. The predicted molar refractivity (Wildman–Crippen MR) is 49.7 cm³/mol. The summed E-state index contributed by atoms with van der Waals surface area (Å²) < 4.78 is 51.5. The summed E-state index contributed by atoms with van der Waals surface area (Å²) in [5, 5.41) is 8.83. The maximum absolute atomic E-state index is 13.2. The van der Waals surface area contributed by atoms with E-state index in [9.17, 15) is 17.6 Å². The number of halogens is 4. The van der Waals surface area contributed by atoms with Crippen LogP contribution in [0.15, 0.2) is 6.07 Å². The van der Waals surface area contributed by atoms with Gasteiger partial charge in [-0.1, -0.05) is 0 Å². The van der Waals surface area contributed by atoms with Crippen LogP contribution in [0.5, 0.6) is 0 Å². The molecule has 0 spiro atoms. The fourth-order valence-corrected chi connectivity index (χ4v) is 1.24. The van der Waals surface area contributed by atoms with Gasteiger partial charge in [0.25, 0.3) is 0 Å². The van der Waals surface area contributed by atoms with Crippen LogP contribution in [0.1, 0.15) is 12.5 Å². The Kier molecular flexibility index (Phi) is 3.54. The average Bonchev–Trinajstić information content (AvgIpc) is 2.22. The zero-order valence-corrected chi connectivity index (χ0v) is 8.53. The molecule has 0 aliphatic heterocycles. The van der Waals surface area contributed by atoms with Crippen LogP contribution in [0.4, 0.5) is 17.6 Å². The van der Waals surface area contributed by atoms with E-state index in [0.29, 0.717) is 6.07 Å². The first kappa shape index (κ1) is 12.9. The molecule has 90 valence electrons. The van der Waals surface area contributed by atoms with E-state index in [1.54, 1.807) is 0 Å². The molecule has 16 heavy (non-hydrogen) atoms. The molecule has 0 amide bonds. The average molecular weight is 237 g/mol. The van der Waals surface area contributed by atoms with Gasteiger partial charge >= 0.3 is 0 Å². The van der Waals surface area contributed by atoms with Gasteiger partial charge in [0.15, 0.2) is 23.3 Å². The van der Waals surface area contributed by atoms with Gasteiger partial charge in [-0.15, -0.1) is 0 Å². The second kappa shape index (κ2) is 4.39. The Balaban J connectivity index is 3.16. The third-order valence-electron chi connectivity index (χ3n) is 2.13. The van der Waals surface area contributed by atoms with Gasteiger partial charge in [0.05, 0.1) is 6.61 Å². The number of benzene rings is 1. The van der Waals surface area contributed by atoms with Crippen LogP contribution >= 0.6 is 0 Å². The van der Waals surface area contributed by atoms with Crippen molar-refractivity contribution >= 4 is 0 Å². The molecule has 0 heterocycles. The summed E-state index contributed by atoms with van der Waals surface area (Å²) in [6, 6.07) is 0.536. The number of rotatable bonds is 3. The van der Waals surface area contributed by atoms with Crippen molar-refractivity contribution < 1.29 is 22.7 Å². The molecule has 3 N–H and O–H groups in total. The van der Waals surface area contributed by atoms with Gasteiger partial charge in [0, 0.05) is 5.54 Å². The van der Waals surface area contributed by atoms with Crippen molar-refractivity contribution in [1.82, 2.24) is 0 Å². The summed E-state index contributed by atoms with van der Waals surface area (Å²) in [6.07, 6.45) is -0.302. The van der Waals surface area contributed by atoms with E-state index in [1.807, 2.05) is 0 Å². The van der Waals surface area contributed by atoms with Crippen LogP contribution in [-0.2, 0) is 6.42 Å². The molecule has 0 fully saturated rings. The SMILES string of the molecule is CC(N)(CO)Cc1cc(F)c(F)c(F)c1F. The fourth-order valence-electron chi connectivity index (χ4n) is 1.24. The van der Waals surface area contributed by atoms with Crippen LogP contribution in [0.3, 0.4) is 0 Å². The predicted octanol–water partition coefficient (Wildman–Crippen LogP) is 1.50. The lowest BCUT2D eigenvalue weighted by molar-refractivity contribution is 0.206. The Morgan fingerprint density at radius 1 is 1.19 bits per heavy atom. The van der Waals surface area contributed by atoms with Crippen LogP contribution in [0, 0.1) is 23.3 Å². The van der Waals surface area contributed by atoms with Crippen molar-refractivity contribution in [1.29, 1.82) is 0 Å². The second-order valence-electron chi connectivity index (χ2n) is 3.95. The molecule has 1 rings (SSSR count). The summed E-state index contributed by atoms with van der Waals surface area (Å²) in [6.45, 7) is 0.888. The fraction of sp³-hybridized carbons (Fsp3) is 0.400. The summed E-state index contributed by atoms with van der Waals surface area (Å²) in [5.74, 6) is -6.70. The van der Waals surface area contributed by atoms with E-state index in [2.05, 4.69) is 0 Å². The summed E-state index contributed by atoms with van der Waals surface area (Å²) >= 11 is 0. The van der Waals surface area contributed by atoms with Gasteiger partial charge in [0.1, 0.15) is 0 Å². The number of aliphatic hydroxyl groups is 1. The summed E-state index contributed by atoms with van der Waals surface area (Å²) in [4.78, 5) is 0. The number of aliphatic hydroxyl groups excluding tert-OH is 1. The lowest BCUT2D eigenvalue weighted by Gasteiger charge is -2.22. The highest BCUT2D eigenvalue weighted by atomic mass is 19.2. The van der Waals surface area contributed by atoms with Crippen LogP contribution in [-0.4, -0.2) is 17.3 Å². The van der Waals surface area contributed by atoms with Gasteiger partial charge < -0.3 is 10.8 Å². The first-order chi connectivity index (χ1) is 7.28. The van der Waals surface area contributed by atoms with E-state index < -0.39 is 41.0 Å². The van der Waals surface area contributed by atoms with Gasteiger partial charge in [-0.25, -0.2) is 17.6 Å². The standard InChI is InChI=1S/C10H11F4NO/c1-10(15,4-16)3-5-2-6(11)8(13)9(14)7(5)12/h2,16H,3-4,15H2,1H3. The number of nitrogens with two attached hydrogens (primary N) is 1. The quantitative estimate of drug-likeness (QED) is 0.475. The minimum atomic E-state index is -1.87. The minimum Gasteiger partial charge on any atom is -0.394 e. The number of hydrogen-bond acceptors (Lipinski definition) is 2. The first-order valence-corrected chi connectivity index (χ1v) is 4.50. The highest BCUT2D eigenvalue weighted by Crippen LogP contribution is 2.21. The van der Waals surface area contributed by atoms with E-state index in [4.69, 9.17) is 10.8 Å². The third-order valence-corrected chi connectivity index (χ3v) is 2.13. The normalized spacial score (nSPS) is 14.9. The molecule has 0 saturated heterocycles. The lowest BCUT2D eigenvalue weighted by Crippen LogP contribution is -2.42. The third kappa shape index (κ3) is 2.51. The van der Waals surface area contributed by atoms with Gasteiger partial charge in [-0.3, -0.25) is 0 Å². The highest BCUT2D eigenvalue weighted by molar-refractivity contribution is 5.23. The molecular weight excluding hydrogens is 226 g/mol. The molecular formula is C10H11F4NO. The Labute approximate surface area is 89.7 Å². The second-order valence-corrected chi connectivity index (χ2v) is 3.95. The maximum atomic E-state index is 13.2. The maximum Gasteiger partial charge on any atom is 0.197 e. The molecule has 0 aliphatic carbocycles. The number of hydrogen-bond donors (Lipinski definition) is 2. The molecule has 1 atom stereocenters. The molecule has 2 nitrogen and oxygen atoms in total. The molecule has 6 heteroatoms. The largest absolute Gasteiger partial charge is 0.394 e. The van der Waals surface area contributed by atoms with Gasteiger partial charge in [-0.05, 0) is 25.0 Å². The topological polar surface area (TPSA) is 46.2 Å². The van der Waals surface area contributed by atoms with Crippen LogP contribution in [0.25, 0.3) is 0 Å². The van der Waals surface area contributed by atoms with Crippen molar-refractivity contribution in [3.63, 3.8) is 0 Å². The van der Waals surface area contributed by atoms with Crippen molar-refractivity contribution in [3.8, 4) is 0 Å². The Hall–Kier alpha value is -1.14. The van der Waals surface area contributed by atoms with E-state index in [1.165, 1.54) is 6.92 Å². The zero-order chi connectivity index (χ0) is 12.5. The molecule has 0 aliphatic rings. The van der Waals surface area contributed by atoms with Crippen LogP contribution < -0.4 is 5.73 Å². The van der Waals surface area contributed by atoms with Crippen molar-refractivity contribution in [2.45, 2.75) is 18.9 Å². The van der Waals surface area contributed by atoms with Gasteiger partial charge in [-0.2, -0.15) is 0 Å². The van der Waals surface area contributed by atoms with Crippen molar-refractivity contribution in [2.75, 3.05) is 6.61 Å². The van der Waals surface area contributed by atoms with Crippen molar-refractivity contribution in [2.24, 2.45) is 5.73 Å². The Morgan fingerprint density at radius 2 is 1.75 bits per heavy atom. The summed E-state index contributed by atoms with van der Waals surface area (Å²) in [7, 11) is 0. The van der Waals surface area contributed by atoms with Gasteiger partial charge in [0.2, 0.25) is 0 Å². The minimum absolute atomic E-state index is 0.302. The smallest absolute Gasteiger partial charge is 0.197 e. The molecule has 0 aromatic heterocycles. The molecule has 0 saturated carbocycles. The van der Waals surface area contributed by atoms with E-state index >= 15 is 0 Å². The Bertz CT molecular complexity index is 406. The molecule has 1 unspecified atom stereocenters. The van der Waals surface area contributed by atoms with E-state index in [0.717, 1.165) is 0 Å². The van der Waals surface area contributed by atoms with Crippen LogP contribution in [0.2, 0.25) is 0 Å². The molecule has 0 radical (unpaired) electrons. The first-order valence-electron chi connectivity index (χ1n) is 4.50. The molecule has 1 aromatic carbocycles. The van der Waals surface area contributed by atoms with E-state index in [-0.39, 0.29) is 6.42 Å². The van der Waals surface area contributed by atoms with Crippen molar-refractivity contribution in [3.05, 3.63) is 34.9 Å². The Morgan fingerprint density at radius 3 is 2.25 bits per heavy atom. The molecule has 1 aromatic rings.